The Morgan fingerprint density at radius 3 is 3.00 bits per heavy atom. The summed E-state index contributed by atoms with van der Waals surface area (Å²) >= 11 is 1.67. The average Bonchev–Trinajstić information content (AvgIpc) is 2.71. The molecule has 3 heteroatoms. The third-order valence-corrected chi connectivity index (χ3v) is 4.78. The molecule has 2 nitrogen and oxygen atoms in total. The largest absolute Gasteiger partial charge is 0.338 e. The normalized spacial score (nSPS) is 20.2. The molecular weight excluding hydrogens is 242 g/mol. The molecule has 1 aromatic rings. The molecular formula is C15H23NOS. The summed E-state index contributed by atoms with van der Waals surface area (Å²) in [6, 6.07) is 2.12. The van der Waals surface area contributed by atoms with Gasteiger partial charge in [0.2, 0.25) is 0 Å². The molecule has 100 valence electrons. The van der Waals surface area contributed by atoms with Crippen LogP contribution >= 0.6 is 11.3 Å². The summed E-state index contributed by atoms with van der Waals surface area (Å²) in [5, 5.41) is 0. The van der Waals surface area contributed by atoms with Crippen molar-refractivity contribution in [3.05, 3.63) is 21.4 Å². The number of piperidine rings is 1. The number of amides is 1. The minimum absolute atomic E-state index is 0.247. The van der Waals surface area contributed by atoms with Gasteiger partial charge in [0.15, 0.2) is 0 Å². The van der Waals surface area contributed by atoms with Gasteiger partial charge in [0.25, 0.3) is 5.91 Å². The Morgan fingerprint density at radius 1 is 1.56 bits per heavy atom. The van der Waals surface area contributed by atoms with Crippen LogP contribution < -0.4 is 0 Å². The van der Waals surface area contributed by atoms with E-state index in [9.17, 15) is 4.79 Å². The molecule has 1 saturated heterocycles. The molecule has 1 aliphatic rings. The first-order valence-electron chi connectivity index (χ1n) is 7.00. The fourth-order valence-electron chi connectivity index (χ4n) is 2.67. The first kappa shape index (κ1) is 13.6. The highest BCUT2D eigenvalue weighted by atomic mass is 32.1. The van der Waals surface area contributed by atoms with Gasteiger partial charge < -0.3 is 4.90 Å². The minimum atomic E-state index is 0.247. The molecule has 0 bridgehead atoms. The molecule has 0 aliphatic carbocycles. The minimum Gasteiger partial charge on any atom is -0.338 e. The number of hydrogen-bond acceptors (Lipinski definition) is 2. The van der Waals surface area contributed by atoms with Crippen LogP contribution in [0.2, 0.25) is 0 Å². The molecule has 1 amide bonds. The summed E-state index contributed by atoms with van der Waals surface area (Å²) in [4.78, 5) is 16.7. The zero-order valence-electron chi connectivity index (χ0n) is 11.7. The fourth-order valence-corrected chi connectivity index (χ4v) is 3.71. The van der Waals surface area contributed by atoms with Crippen LogP contribution in [0.3, 0.4) is 0 Å². The SMILES string of the molecule is CCCc1cc(C(=O)N2CCCC(C)C2)sc1C. The lowest BCUT2D eigenvalue weighted by Crippen LogP contribution is -2.38. The van der Waals surface area contributed by atoms with Crippen LogP contribution in [0.15, 0.2) is 6.07 Å². The maximum absolute atomic E-state index is 12.5. The third kappa shape index (κ3) is 2.94. The van der Waals surface area contributed by atoms with Crippen LogP contribution in [0.25, 0.3) is 0 Å². The third-order valence-electron chi connectivity index (χ3n) is 3.69. The molecule has 0 aromatic carbocycles. The van der Waals surface area contributed by atoms with Crippen LogP contribution in [0, 0.1) is 12.8 Å². The number of carbonyl (C=O) groups is 1. The van der Waals surface area contributed by atoms with Crippen molar-refractivity contribution in [1.82, 2.24) is 4.90 Å². The van der Waals surface area contributed by atoms with E-state index in [1.54, 1.807) is 11.3 Å². The van der Waals surface area contributed by atoms with Crippen LogP contribution in [0.4, 0.5) is 0 Å². The molecule has 1 aliphatic heterocycles. The summed E-state index contributed by atoms with van der Waals surface area (Å²) in [5.74, 6) is 0.899. The lowest BCUT2D eigenvalue weighted by Gasteiger charge is -2.30. The van der Waals surface area contributed by atoms with E-state index in [1.165, 1.54) is 16.9 Å². The molecule has 2 heterocycles. The molecule has 2 rings (SSSR count). The van der Waals surface area contributed by atoms with E-state index in [4.69, 9.17) is 0 Å². The standard InChI is InChI=1S/C15H23NOS/c1-4-6-13-9-14(18-12(13)3)15(17)16-8-5-7-11(2)10-16/h9,11H,4-8,10H2,1-3H3. The van der Waals surface area contributed by atoms with Gasteiger partial charge in [-0.15, -0.1) is 11.3 Å². The molecule has 1 aromatic heterocycles. The second kappa shape index (κ2) is 5.87. The Morgan fingerprint density at radius 2 is 2.33 bits per heavy atom. The quantitative estimate of drug-likeness (QED) is 0.812. The Kier molecular flexibility index (Phi) is 4.44. The van der Waals surface area contributed by atoms with E-state index < -0.39 is 0 Å². The Hall–Kier alpha value is -0.830. The van der Waals surface area contributed by atoms with Crippen molar-refractivity contribution >= 4 is 17.2 Å². The molecule has 1 fully saturated rings. The molecule has 18 heavy (non-hydrogen) atoms. The van der Waals surface area contributed by atoms with Crippen molar-refractivity contribution in [1.29, 1.82) is 0 Å². The number of hydrogen-bond donors (Lipinski definition) is 0. The summed E-state index contributed by atoms with van der Waals surface area (Å²) in [6.07, 6.45) is 4.64. The van der Waals surface area contributed by atoms with Crippen molar-refractivity contribution in [3.8, 4) is 0 Å². The summed E-state index contributed by atoms with van der Waals surface area (Å²) in [6.45, 7) is 8.42. The summed E-state index contributed by atoms with van der Waals surface area (Å²) < 4.78 is 0. The number of nitrogens with zero attached hydrogens (tertiary/aromatic N) is 1. The second-order valence-electron chi connectivity index (χ2n) is 5.44. The number of carbonyl (C=O) groups excluding carboxylic acids is 1. The average molecular weight is 265 g/mol. The van der Waals surface area contributed by atoms with E-state index in [0.717, 1.165) is 37.2 Å². The highest BCUT2D eigenvalue weighted by Crippen LogP contribution is 2.26. The highest BCUT2D eigenvalue weighted by molar-refractivity contribution is 7.14. The molecule has 1 atom stereocenters. The number of aryl methyl sites for hydroxylation is 2. The molecule has 0 spiro atoms. The first-order chi connectivity index (χ1) is 8.61. The van der Waals surface area contributed by atoms with E-state index in [-0.39, 0.29) is 5.91 Å². The Balaban J connectivity index is 2.10. The van der Waals surface area contributed by atoms with Gasteiger partial charge in [0.05, 0.1) is 4.88 Å². The van der Waals surface area contributed by atoms with E-state index in [0.29, 0.717) is 5.92 Å². The Bertz CT molecular complexity index is 424. The number of likely N-dealkylation sites (tertiary alicyclic amines) is 1. The molecule has 0 radical (unpaired) electrons. The topological polar surface area (TPSA) is 20.3 Å². The smallest absolute Gasteiger partial charge is 0.263 e. The Labute approximate surface area is 114 Å². The van der Waals surface area contributed by atoms with Gasteiger partial charge in [-0.05, 0) is 43.7 Å². The van der Waals surface area contributed by atoms with Gasteiger partial charge in [0, 0.05) is 18.0 Å². The monoisotopic (exact) mass is 265 g/mol. The van der Waals surface area contributed by atoms with Gasteiger partial charge in [-0.3, -0.25) is 4.79 Å². The van der Waals surface area contributed by atoms with Gasteiger partial charge in [0.1, 0.15) is 0 Å². The van der Waals surface area contributed by atoms with Gasteiger partial charge in [-0.1, -0.05) is 20.3 Å². The van der Waals surface area contributed by atoms with Crippen molar-refractivity contribution in [2.75, 3.05) is 13.1 Å². The van der Waals surface area contributed by atoms with Crippen LogP contribution in [-0.4, -0.2) is 23.9 Å². The van der Waals surface area contributed by atoms with Crippen molar-refractivity contribution in [2.24, 2.45) is 5.92 Å². The van der Waals surface area contributed by atoms with Gasteiger partial charge >= 0.3 is 0 Å². The molecule has 1 unspecified atom stereocenters. The summed E-state index contributed by atoms with van der Waals surface area (Å²) in [5.41, 5.74) is 1.36. The van der Waals surface area contributed by atoms with E-state index in [2.05, 4.69) is 26.8 Å². The summed E-state index contributed by atoms with van der Waals surface area (Å²) in [7, 11) is 0. The molecule has 0 N–H and O–H groups in total. The lowest BCUT2D eigenvalue weighted by atomic mass is 10.0. The number of rotatable bonds is 3. The predicted molar refractivity (Wildman–Crippen MR) is 77.4 cm³/mol. The van der Waals surface area contributed by atoms with Crippen LogP contribution in [-0.2, 0) is 6.42 Å². The van der Waals surface area contributed by atoms with Crippen molar-refractivity contribution < 1.29 is 4.79 Å². The van der Waals surface area contributed by atoms with Gasteiger partial charge in [-0.2, -0.15) is 0 Å². The van der Waals surface area contributed by atoms with Crippen LogP contribution in [0.1, 0.15) is 53.2 Å². The first-order valence-corrected chi connectivity index (χ1v) is 7.82. The zero-order chi connectivity index (χ0) is 13.1. The fraction of sp³-hybridized carbons (Fsp3) is 0.667. The van der Waals surface area contributed by atoms with Crippen molar-refractivity contribution in [3.63, 3.8) is 0 Å². The number of thiophene rings is 1. The molecule has 0 saturated carbocycles. The van der Waals surface area contributed by atoms with Crippen LogP contribution in [0.5, 0.6) is 0 Å². The predicted octanol–water partition coefficient (Wildman–Crippen LogP) is 3.88. The van der Waals surface area contributed by atoms with Crippen molar-refractivity contribution in [2.45, 2.75) is 46.5 Å². The van der Waals surface area contributed by atoms with E-state index >= 15 is 0 Å². The van der Waals surface area contributed by atoms with E-state index in [1.807, 2.05) is 4.90 Å². The maximum atomic E-state index is 12.5. The zero-order valence-corrected chi connectivity index (χ0v) is 12.5. The van der Waals surface area contributed by atoms with Gasteiger partial charge in [-0.25, -0.2) is 0 Å². The highest BCUT2D eigenvalue weighted by Gasteiger charge is 2.23. The maximum Gasteiger partial charge on any atom is 0.263 e. The second-order valence-corrected chi connectivity index (χ2v) is 6.70. The lowest BCUT2D eigenvalue weighted by molar-refractivity contribution is 0.0688.